The lowest BCUT2D eigenvalue weighted by Gasteiger charge is -2.37. The molecule has 1 N–H and O–H groups in total. The molecule has 0 amide bonds. The van der Waals surface area contributed by atoms with Crippen LogP contribution in [-0.2, 0) is 0 Å². The zero-order valence-corrected chi connectivity index (χ0v) is 17.1. The van der Waals surface area contributed by atoms with Crippen LogP contribution in [0, 0.1) is 26.6 Å². The van der Waals surface area contributed by atoms with Gasteiger partial charge in [0.1, 0.15) is 11.6 Å². The lowest BCUT2D eigenvalue weighted by molar-refractivity contribution is 0.596. The van der Waals surface area contributed by atoms with Crippen molar-refractivity contribution in [3.05, 3.63) is 71.2 Å². The van der Waals surface area contributed by atoms with Crippen LogP contribution < -0.4 is 15.1 Å². The lowest BCUT2D eigenvalue weighted by atomic mass is 10.1. The summed E-state index contributed by atoms with van der Waals surface area (Å²) in [6.45, 7) is 9.22. The van der Waals surface area contributed by atoms with Crippen molar-refractivity contribution in [2.75, 3.05) is 41.3 Å². The number of piperazine rings is 1. The van der Waals surface area contributed by atoms with E-state index in [1.165, 1.54) is 17.2 Å². The topological polar surface area (TPSA) is 44.3 Å². The van der Waals surface area contributed by atoms with Gasteiger partial charge in [-0.25, -0.2) is 9.37 Å². The van der Waals surface area contributed by atoms with Crippen molar-refractivity contribution in [3.8, 4) is 0 Å². The molecule has 1 aliphatic rings. The average molecular weight is 391 g/mol. The van der Waals surface area contributed by atoms with E-state index in [1.54, 1.807) is 6.07 Å². The molecule has 150 valence electrons. The standard InChI is InChI=1S/C23H26FN5/c1-16-12-17(2)14-19(13-16)26-23-25-18(3)15-22(27-23)29-10-8-28(9-11-29)21-7-5-4-6-20(21)24/h4-7,12-15H,8-11H2,1-3H3,(H,25,26,27). The van der Waals surface area contributed by atoms with Crippen molar-refractivity contribution >= 4 is 23.1 Å². The molecule has 1 fully saturated rings. The number of anilines is 4. The molecule has 1 aromatic heterocycles. The molecule has 29 heavy (non-hydrogen) atoms. The Hall–Kier alpha value is -3.15. The van der Waals surface area contributed by atoms with Crippen LogP contribution in [0.25, 0.3) is 0 Å². The highest BCUT2D eigenvalue weighted by molar-refractivity contribution is 5.58. The van der Waals surface area contributed by atoms with Crippen LogP contribution in [-0.4, -0.2) is 36.1 Å². The zero-order chi connectivity index (χ0) is 20.4. The van der Waals surface area contributed by atoms with Gasteiger partial charge in [0.15, 0.2) is 0 Å². The first-order chi connectivity index (χ1) is 14.0. The molecule has 2 aromatic carbocycles. The third kappa shape index (κ3) is 4.47. The number of aromatic nitrogens is 2. The lowest BCUT2D eigenvalue weighted by Crippen LogP contribution is -2.47. The van der Waals surface area contributed by atoms with Crippen LogP contribution >= 0.6 is 0 Å². The van der Waals surface area contributed by atoms with Crippen molar-refractivity contribution in [2.45, 2.75) is 20.8 Å². The van der Waals surface area contributed by atoms with E-state index in [-0.39, 0.29) is 5.82 Å². The number of benzene rings is 2. The van der Waals surface area contributed by atoms with Crippen molar-refractivity contribution < 1.29 is 4.39 Å². The summed E-state index contributed by atoms with van der Waals surface area (Å²) in [4.78, 5) is 13.6. The van der Waals surface area contributed by atoms with E-state index in [1.807, 2.05) is 25.1 Å². The molecular formula is C23H26FN5. The van der Waals surface area contributed by atoms with E-state index >= 15 is 0 Å². The number of hydrogen-bond acceptors (Lipinski definition) is 5. The van der Waals surface area contributed by atoms with Gasteiger partial charge in [-0.2, -0.15) is 4.98 Å². The number of para-hydroxylation sites is 1. The minimum absolute atomic E-state index is 0.168. The average Bonchev–Trinajstić information content (AvgIpc) is 2.67. The molecule has 1 aliphatic heterocycles. The van der Waals surface area contributed by atoms with Gasteiger partial charge in [-0.1, -0.05) is 18.2 Å². The number of halogens is 1. The Kier molecular flexibility index (Phi) is 5.34. The van der Waals surface area contributed by atoms with Gasteiger partial charge in [-0.15, -0.1) is 0 Å². The summed E-state index contributed by atoms with van der Waals surface area (Å²) in [5.74, 6) is 1.33. The van der Waals surface area contributed by atoms with Gasteiger partial charge in [0.05, 0.1) is 5.69 Å². The Morgan fingerprint density at radius 1 is 0.828 bits per heavy atom. The smallest absolute Gasteiger partial charge is 0.229 e. The van der Waals surface area contributed by atoms with Crippen LogP contribution in [0.3, 0.4) is 0 Å². The van der Waals surface area contributed by atoms with E-state index in [4.69, 9.17) is 4.98 Å². The highest BCUT2D eigenvalue weighted by atomic mass is 19.1. The Balaban J connectivity index is 1.49. The highest BCUT2D eigenvalue weighted by Gasteiger charge is 2.21. The molecule has 0 saturated carbocycles. The number of aryl methyl sites for hydroxylation is 3. The molecule has 4 rings (SSSR count). The molecule has 0 radical (unpaired) electrons. The number of rotatable bonds is 4. The minimum Gasteiger partial charge on any atom is -0.366 e. The summed E-state index contributed by atoms with van der Waals surface area (Å²) in [5.41, 5.74) is 4.97. The van der Waals surface area contributed by atoms with Crippen LogP contribution in [0.5, 0.6) is 0 Å². The Morgan fingerprint density at radius 3 is 2.17 bits per heavy atom. The summed E-state index contributed by atoms with van der Waals surface area (Å²) < 4.78 is 14.1. The number of nitrogens with one attached hydrogen (secondary N) is 1. The Bertz CT molecular complexity index is 992. The third-order valence-electron chi connectivity index (χ3n) is 5.12. The highest BCUT2D eigenvalue weighted by Crippen LogP contribution is 2.24. The van der Waals surface area contributed by atoms with E-state index in [9.17, 15) is 4.39 Å². The molecule has 5 nitrogen and oxygen atoms in total. The summed E-state index contributed by atoms with van der Waals surface area (Å²) in [6.07, 6.45) is 0. The first-order valence-corrected chi connectivity index (χ1v) is 9.93. The van der Waals surface area contributed by atoms with Crippen molar-refractivity contribution in [2.24, 2.45) is 0 Å². The fraction of sp³-hybridized carbons (Fsp3) is 0.304. The van der Waals surface area contributed by atoms with Gasteiger partial charge in [0.25, 0.3) is 0 Å². The van der Waals surface area contributed by atoms with E-state index in [0.29, 0.717) is 11.6 Å². The molecule has 0 bridgehead atoms. The SMILES string of the molecule is Cc1cc(C)cc(Nc2nc(C)cc(N3CCN(c4ccccc4F)CC3)n2)c1. The van der Waals surface area contributed by atoms with Crippen molar-refractivity contribution in [1.82, 2.24) is 9.97 Å². The van der Waals surface area contributed by atoms with Gasteiger partial charge in [0.2, 0.25) is 5.95 Å². The fourth-order valence-corrected chi connectivity index (χ4v) is 3.83. The maximum absolute atomic E-state index is 14.1. The Morgan fingerprint density at radius 2 is 1.48 bits per heavy atom. The number of nitrogens with zero attached hydrogens (tertiary/aromatic N) is 4. The molecule has 0 aliphatic carbocycles. The maximum atomic E-state index is 14.1. The Labute approximate surface area is 171 Å². The zero-order valence-electron chi connectivity index (χ0n) is 17.1. The van der Waals surface area contributed by atoms with Crippen LogP contribution in [0.4, 0.5) is 27.5 Å². The monoisotopic (exact) mass is 391 g/mol. The van der Waals surface area contributed by atoms with Crippen LogP contribution in [0.15, 0.2) is 48.5 Å². The van der Waals surface area contributed by atoms with Crippen molar-refractivity contribution in [1.29, 1.82) is 0 Å². The molecule has 0 unspecified atom stereocenters. The number of hydrogen-bond donors (Lipinski definition) is 1. The second-order valence-electron chi connectivity index (χ2n) is 7.62. The molecule has 0 atom stereocenters. The van der Waals surface area contributed by atoms with Crippen molar-refractivity contribution in [3.63, 3.8) is 0 Å². The van der Waals surface area contributed by atoms with Gasteiger partial charge in [0, 0.05) is 43.6 Å². The summed E-state index contributed by atoms with van der Waals surface area (Å²) in [7, 11) is 0. The molecule has 3 aromatic rings. The maximum Gasteiger partial charge on any atom is 0.229 e. The van der Waals surface area contributed by atoms with E-state index in [2.05, 4.69) is 52.1 Å². The van der Waals surface area contributed by atoms with Crippen LogP contribution in [0.1, 0.15) is 16.8 Å². The molecule has 6 heteroatoms. The van der Waals surface area contributed by atoms with Gasteiger partial charge in [-0.05, 0) is 56.2 Å². The predicted molar refractivity (Wildman–Crippen MR) is 117 cm³/mol. The fourth-order valence-electron chi connectivity index (χ4n) is 3.83. The normalized spacial score (nSPS) is 14.2. The largest absolute Gasteiger partial charge is 0.366 e. The second-order valence-corrected chi connectivity index (χ2v) is 7.62. The molecule has 2 heterocycles. The second kappa shape index (κ2) is 8.07. The summed E-state index contributed by atoms with van der Waals surface area (Å²) in [6, 6.07) is 15.3. The molecular weight excluding hydrogens is 365 g/mol. The van der Waals surface area contributed by atoms with E-state index < -0.39 is 0 Å². The first kappa shape index (κ1) is 19.2. The molecule has 0 spiro atoms. The van der Waals surface area contributed by atoms with Gasteiger partial charge < -0.3 is 15.1 Å². The quantitative estimate of drug-likeness (QED) is 0.704. The summed E-state index contributed by atoms with van der Waals surface area (Å²) in [5, 5.41) is 3.34. The summed E-state index contributed by atoms with van der Waals surface area (Å²) >= 11 is 0. The molecule has 1 saturated heterocycles. The van der Waals surface area contributed by atoms with Gasteiger partial charge >= 0.3 is 0 Å². The third-order valence-corrected chi connectivity index (χ3v) is 5.12. The minimum atomic E-state index is -0.168. The van der Waals surface area contributed by atoms with E-state index in [0.717, 1.165) is 43.4 Å². The first-order valence-electron chi connectivity index (χ1n) is 9.93. The van der Waals surface area contributed by atoms with Gasteiger partial charge in [-0.3, -0.25) is 0 Å². The predicted octanol–water partition coefficient (Wildman–Crippen LogP) is 4.61. The van der Waals surface area contributed by atoms with Crippen LogP contribution in [0.2, 0.25) is 0 Å².